The summed E-state index contributed by atoms with van der Waals surface area (Å²) in [5.74, 6) is 0.0294. The van der Waals surface area contributed by atoms with Crippen molar-refractivity contribution in [2.45, 2.75) is 277 Å². The quantitative estimate of drug-likeness (QED) is 0.0353. The fraction of sp³-hybridized carbons (Fsp3) is 0.941. The number of carbonyl (C=O) groups excluding carboxylic acids is 3. The molecule has 0 saturated carbocycles. The Morgan fingerprint density at radius 1 is 0.557 bits per heavy atom. The Bertz CT molecular complexity index is 851. The van der Waals surface area contributed by atoms with Crippen LogP contribution in [0.4, 0.5) is 0 Å². The van der Waals surface area contributed by atoms with Crippen molar-refractivity contribution >= 4 is 18.2 Å². The number of nitrogens with two attached hydrogens (primary N) is 1. The molecule has 1 aliphatic heterocycles. The first kappa shape index (κ1) is 67.8. The average Bonchev–Trinajstić information content (AvgIpc) is 3.76. The minimum Gasteiger partial charge on any atom is -0.542 e. The van der Waals surface area contributed by atoms with Crippen molar-refractivity contribution in [3.63, 3.8) is 0 Å². The standard InChI is InChI=1S/C25H50O3.C23H45NO2.C3H6NO.Os.Y/c1-3-5-7-9-12-16-20-24(21-17-13-10-8-6-4-2)28-25(27)22-18-14-11-15-19-23-26;1-3-5-6-7-8-9-10-12-17-22(4-2)26-23(25)18-13-11-14-19-24-20-15-16-21-24;4-2-1-3-5;;/h24,26H,3-23H2,1-2H3;22H,3-21H2,1-2H3;1-2,4H2;;/q;;-1;+1;. The van der Waals surface area contributed by atoms with Crippen LogP contribution in [-0.4, -0.2) is 73.2 Å². The number of hydrogen-bond acceptors (Lipinski definition) is 8. The molecule has 1 rings (SSSR count). The van der Waals surface area contributed by atoms with E-state index in [1.54, 1.807) is 6.29 Å². The van der Waals surface area contributed by atoms with Gasteiger partial charge in [0.1, 0.15) is 12.2 Å². The molecule has 0 bridgehead atoms. The number of likely N-dealkylation sites (tertiary alicyclic amines) is 1. The van der Waals surface area contributed by atoms with Gasteiger partial charge in [-0.05, 0) is 110 Å². The van der Waals surface area contributed by atoms with E-state index in [0.29, 0.717) is 25.8 Å². The second kappa shape index (κ2) is 58.2. The molecule has 0 amide bonds. The molecule has 0 aliphatic carbocycles. The second-order valence-corrected chi connectivity index (χ2v) is 17.3. The van der Waals surface area contributed by atoms with Gasteiger partial charge in [0, 0.05) is 52.2 Å². The number of rotatable bonds is 41. The Morgan fingerprint density at radius 3 is 1.30 bits per heavy atom. The van der Waals surface area contributed by atoms with Crippen molar-refractivity contribution in [3.05, 3.63) is 0 Å². The van der Waals surface area contributed by atoms with Gasteiger partial charge in [0.05, 0.1) is 0 Å². The zero-order chi connectivity index (χ0) is 43.7. The third-order valence-electron chi connectivity index (χ3n) is 11.5. The maximum absolute atomic E-state index is 12.2. The van der Waals surface area contributed by atoms with Crippen LogP contribution < -0.4 is 5.73 Å². The predicted molar refractivity (Wildman–Crippen MR) is 252 cm³/mol. The van der Waals surface area contributed by atoms with Crippen molar-refractivity contribution in [1.29, 1.82) is 0 Å². The summed E-state index contributed by atoms with van der Waals surface area (Å²) in [5, 5.41) is 8.80. The largest absolute Gasteiger partial charge is 1.00 e. The number of nitrogens with zero attached hydrogens (tertiary/aromatic N) is 1. The molecule has 61 heavy (non-hydrogen) atoms. The van der Waals surface area contributed by atoms with Gasteiger partial charge < -0.3 is 30.0 Å². The van der Waals surface area contributed by atoms with E-state index < -0.39 is 0 Å². The molecule has 1 atom stereocenters. The van der Waals surface area contributed by atoms with Crippen LogP contribution in [0, 0.1) is 0 Å². The van der Waals surface area contributed by atoms with Gasteiger partial charge in [0.15, 0.2) is 0 Å². The summed E-state index contributed by atoms with van der Waals surface area (Å²) in [6, 6.07) is 0. The van der Waals surface area contributed by atoms with Gasteiger partial charge in [-0.3, -0.25) is 15.9 Å². The van der Waals surface area contributed by atoms with Gasteiger partial charge in [0.2, 0.25) is 0 Å². The zero-order valence-electron chi connectivity index (χ0n) is 40.8. The molecule has 1 saturated heterocycles. The summed E-state index contributed by atoms with van der Waals surface area (Å²) in [6.45, 7) is 13.4. The van der Waals surface area contributed by atoms with Crippen LogP contribution in [0.25, 0.3) is 0 Å². The molecule has 1 fully saturated rings. The number of hydrogen-bond donors (Lipinski definition) is 2. The Morgan fingerprint density at radius 2 is 0.918 bits per heavy atom. The van der Waals surface area contributed by atoms with Crippen LogP contribution in [0.15, 0.2) is 0 Å². The molecule has 362 valence electrons. The molecule has 1 aliphatic rings. The predicted octanol–water partition coefficient (Wildman–Crippen LogP) is 13.7. The fourth-order valence-corrected chi connectivity index (χ4v) is 7.67. The van der Waals surface area contributed by atoms with E-state index in [2.05, 4.69) is 32.6 Å². The molecular formula is C51H101N2O6OsY. The van der Waals surface area contributed by atoms with Gasteiger partial charge >= 0.3 is 31.7 Å². The summed E-state index contributed by atoms with van der Waals surface area (Å²) in [6.07, 6.45) is 44.9. The van der Waals surface area contributed by atoms with Crippen molar-refractivity contribution in [1.82, 2.24) is 4.90 Å². The zero-order valence-corrected chi connectivity index (χ0v) is 46.2. The fourth-order valence-electron chi connectivity index (χ4n) is 7.67. The summed E-state index contributed by atoms with van der Waals surface area (Å²) < 4.78 is 11.5. The first-order valence-electron chi connectivity index (χ1n) is 25.7. The number of ether oxygens (including phenoxy) is 2. The maximum atomic E-state index is 12.2. The summed E-state index contributed by atoms with van der Waals surface area (Å²) >= 11 is 0. The number of carbonyl (C=O) groups is 2. The van der Waals surface area contributed by atoms with E-state index in [4.69, 9.17) is 20.3 Å². The second-order valence-electron chi connectivity index (χ2n) is 17.3. The topological polar surface area (TPSA) is 119 Å². The number of esters is 2. The third kappa shape index (κ3) is 54.5. The number of aliphatic hydroxyl groups is 1. The van der Waals surface area contributed by atoms with Crippen LogP contribution in [0.5, 0.6) is 0 Å². The van der Waals surface area contributed by atoms with E-state index >= 15 is 0 Å². The van der Waals surface area contributed by atoms with Crippen molar-refractivity contribution in [2.24, 2.45) is 5.73 Å². The molecule has 0 aromatic carbocycles. The SMILES string of the molecule is CCCCCCCCC(CCCCCCCC)OC(=O)CCCCCCCO.CCCCCCCCCCC(CC)OC(=O)CCCCCN1CCCC1.NCC[C-]=O.[Os+].[Y]. The van der Waals surface area contributed by atoms with Gasteiger partial charge in [-0.15, -0.1) is 6.42 Å². The molecule has 1 heterocycles. The van der Waals surface area contributed by atoms with E-state index in [0.717, 1.165) is 70.6 Å². The average molecular weight is 1120 g/mol. The first-order valence-corrected chi connectivity index (χ1v) is 25.7. The van der Waals surface area contributed by atoms with Crippen LogP contribution >= 0.6 is 0 Å². The Labute approximate surface area is 417 Å². The molecule has 2 radical (unpaired) electrons. The van der Waals surface area contributed by atoms with Crippen molar-refractivity contribution < 1.29 is 81.5 Å². The number of unbranched alkanes of at least 4 members (excludes halogenated alkanes) is 23. The van der Waals surface area contributed by atoms with Crippen LogP contribution in [0.1, 0.15) is 265 Å². The minimum absolute atomic E-state index is 0. The molecule has 3 N–H and O–H groups in total. The molecule has 0 spiro atoms. The van der Waals surface area contributed by atoms with Gasteiger partial charge in [0.25, 0.3) is 0 Å². The normalized spacial score (nSPS) is 12.6. The van der Waals surface area contributed by atoms with Crippen LogP contribution in [0.2, 0.25) is 0 Å². The molecule has 8 nitrogen and oxygen atoms in total. The van der Waals surface area contributed by atoms with E-state index in [9.17, 15) is 14.4 Å². The molecular weight excluding hydrogens is 1020 g/mol. The molecule has 0 aromatic heterocycles. The van der Waals surface area contributed by atoms with Crippen LogP contribution in [0.3, 0.4) is 0 Å². The van der Waals surface area contributed by atoms with Gasteiger partial charge in [-0.25, -0.2) is 0 Å². The van der Waals surface area contributed by atoms with E-state index in [1.165, 1.54) is 167 Å². The minimum atomic E-state index is 0. The Balaban J connectivity index is -0.000000465. The van der Waals surface area contributed by atoms with Crippen molar-refractivity contribution in [2.75, 3.05) is 32.8 Å². The summed E-state index contributed by atoms with van der Waals surface area (Å²) in [4.78, 5) is 36.0. The summed E-state index contributed by atoms with van der Waals surface area (Å²) in [7, 11) is 0. The molecule has 1 unspecified atom stereocenters. The molecule has 10 heteroatoms. The number of aliphatic hydroxyl groups excluding tert-OH is 1. The molecule has 0 aromatic rings. The van der Waals surface area contributed by atoms with Gasteiger partial charge in [-0.2, -0.15) is 0 Å². The maximum Gasteiger partial charge on any atom is 1.00 e. The first-order chi connectivity index (χ1) is 28.9. The van der Waals surface area contributed by atoms with E-state index in [-0.39, 0.29) is 83.3 Å². The third-order valence-corrected chi connectivity index (χ3v) is 11.5. The van der Waals surface area contributed by atoms with E-state index in [1.807, 2.05) is 0 Å². The van der Waals surface area contributed by atoms with Crippen LogP contribution in [-0.2, 0) is 76.4 Å². The summed E-state index contributed by atoms with van der Waals surface area (Å²) in [5.41, 5.74) is 4.88. The monoisotopic (exact) mass is 1120 g/mol. The Hall–Kier alpha value is 0.230. The van der Waals surface area contributed by atoms with Crippen molar-refractivity contribution in [3.8, 4) is 0 Å². The van der Waals surface area contributed by atoms with Gasteiger partial charge in [-0.1, -0.05) is 163 Å². The Kier molecular flexibility index (Phi) is 64.8. The smallest absolute Gasteiger partial charge is 0.542 e.